The molecule has 9 heteroatoms. The highest BCUT2D eigenvalue weighted by molar-refractivity contribution is 6.07. The SMILES string of the molecule is O=C(Nc1cccc(N2CCO[C@H](CO)C2)n1)c1ccc(F)nc1N1CCC2(CC1)CC2. The van der Waals surface area contributed by atoms with Crippen LogP contribution in [0.4, 0.5) is 21.8 Å². The molecule has 0 radical (unpaired) electrons. The van der Waals surface area contributed by atoms with Crippen LogP contribution in [-0.2, 0) is 4.74 Å². The summed E-state index contributed by atoms with van der Waals surface area (Å²) in [5.74, 6) is 0.555. The molecule has 3 fully saturated rings. The topological polar surface area (TPSA) is 90.8 Å². The Labute approximate surface area is 186 Å². The second-order valence-electron chi connectivity index (χ2n) is 8.95. The largest absolute Gasteiger partial charge is 0.394 e. The minimum atomic E-state index is -0.589. The molecule has 0 bridgehead atoms. The molecule has 0 unspecified atom stereocenters. The first-order valence-corrected chi connectivity index (χ1v) is 11.2. The number of halogens is 1. The molecule has 2 N–H and O–H groups in total. The second kappa shape index (κ2) is 8.63. The summed E-state index contributed by atoms with van der Waals surface area (Å²) in [5.41, 5.74) is 0.822. The Balaban J connectivity index is 1.32. The van der Waals surface area contributed by atoms with E-state index in [9.17, 15) is 14.3 Å². The Bertz CT molecular complexity index is 989. The van der Waals surface area contributed by atoms with E-state index in [1.807, 2.05) is 21.9 Å². The van der Waals surface area contributed by atoms with E-state index in [2.05, 4.69) is 15.3 Å². The molecule has 2 saturated heterocycles. The molecule has 1 atom stereocenters. The first-order valence-electron chi connectivity index (χ1n) is 11.2. The Morgan fingerprint density at radius 2 is 1.94 bits per heavy atom. The van der Waals surface area contributed by atoms with Gasteiger partial charge in [0.05, 0.1) is 24.9 Å². The third kappa shape index (κ3) is 4.40. The highest BCUT2D eigenvalue weighted by Gasteiger charge is 2.45. The maximum absolute atomic E-state index is 14.0. The van der Waals surface area contributed by atoms with Crippen LogP contribution in [0, 0.1) is 11.4 Å². The molecule has 1 saturated carbocycles. The van der Waals surface area contributed by atoms with Gasteiger partial charge in [-0.1, -0.05) is 6.07 Å². The molecular formula is C23H28FN5O3. The molecule has 0 aromatic carbocycles. The number of carbonyl (C=O) groups is 1. The average molecular weight is 442 g/mol. The quantitative estimate of drug-likeness (QED) is 0.689. The van der Waals surface area contributed by atoms with Crippen molar-refractivity contribution in [3.63, 3.8) is 0 Å². The number of aromatic nitrogens is 2. The number of nitrogens with zero attached hydrogens (tertiary/aromatic N) is 4. The third-order valence-electron chi connectivity index (χ3n) is 6.81. The molecule has 2 aromatic rings. The van der Waals surface area contributed by atoms with Gasteiger partial charge in [0, 0.05) is 26.2 Å². The number of amides is 1. The molecule has 32 heavy (non-hydrogen) atoms. The molecule has 1 aliphatic carbocycles. The van der Waals surface area contributed by atoms with Crippen molar-refractivity contribution in [1.29, 1.82) is 0 Å². The van der Waals surface area contributed by atoms with Gasteiger partial charge in [-0.05, 0) is 55.4 Å². The van der Waals surface area contributed by atoms with Gasteiger partial charge in [-0.15, -0.1) is 0 Å². The summed E-state index contributed by atoms with van der Waals surface area (Å²) in [6.45, 7) is 3.21. The summed E-state index contributed by atoms with van der Waals surface area (Å²) in [6, 6.07) is 8.12. The highest BCUT2D eigenvalue weighted by atomic mass is 19.1. The number of ether oxygens (including phenoxy) is 1. The number of piperidine rings is 1. The summed E-state index contributed by atoms with van der Waals surface area (Å²) in [7, 11) is 0. The lowest BCUT2D eigenvalue weighted by Gasteiger charge is -2.34. The van der Waals surface area contributed by atoms with Crippen LogP contribution >= 0.6 is 0 Å². The number of pyridine rings is 2. The van der Waals surface area contributed by atoms with Crippen LogP contribution in [0.2, 0.25) is 0 Å². The lowest BCUT2D eigenvalue weighted by atomic mass is 9.93. The molecule has 2 aromatic heterocycles. The predicted octanol–water partition coefficient (Wildman–Crippen LogP) is 2.45. The van der Waals surface area contributed by atoms with Crippen molar-refractivity contribution < 1.29 is 19.0 Å². The maximum Gasteiger partial charge on any atom is 0.260 e. The van der Waals surface area contributed by atoms with Gasteiger partial charge >= 0.3 is 0 Å². The number of hydrogen-bond acceptors (Lipinski definition) is 7. The Morgan fingerprint density at radius 3 is 2.69 bits per heavy atom. The summed E-state index contributed by atoms with van der Waals surface area (Å²) in [4.78, 5) is 25.8. The fourth-order valence-corrected chi connectivity index (χ4v) is 4.60. The number of carbonyl (C=O) groups excluding carboxylic acids is 1. The van der Waals surface area contributed by atoms with E-state index in [-0.39, 0.29) is 18.6 Å². The first-order chi connectivity index (χ1) is 15.5. The predicted molar refractivity (Wildman–Crippen MR) is 119 cm³/mol. The minimum Gasteiger partial charge on any atom is -0.394 e. The van der Waals surface area contributed by atoms with Crippen molar-refractivity contribution in [1.82, 2.24) is 9.97 Å². The van der Waals surface area contributed by atoms with Crippen LogP contribution in [0.15, 0.2) is 30.3 Å². The standard InChI is InChI=1S/C23H28FN5O3/c24-18-5-4-17(21(25-18)28-10-8-23(6-7-23)9-11-28)22(31)27-19-2-1-3-20(26-19)29-12-13-32-16(14-29)15-30/h1-5,16,30H,6-15H2,(H,26,27,31)/t16-/m0/s1. The molecule has 2 aliphatic heterocycles. The molecule has 4 heterocycles. The zero-order chi connectivity index (χ0) is 22.1. The van der Waals surface area contributed by atoms with Gasteiger partial charge in [0.25, 0.3) is 5.91 Å². The van der Waals surface area contributed by atoms with Crippen molar-refractivity contribution in [2.45, 2.75) is 31.8 Å². The zero-order valence-corrected chi connectivity index (χ0v) is 18.0. The van der Waals surface area contributed by atoms with E-state index in [0.717, 1.165) is 25.9 Å². The van der Waals surface area contributed by atoms with E-state index in [1.54, 1.807) is 6.07 Å². The van der Waals surface area contributed by atoms with E-state index >= 15 is 0 Å². The average Bonchev–Trinajstić information content (AvgIpc) is 3.58. The highest BCUT2D eigenvalue weighted by Crippen LogP contribution is 2.53. The van der Waals surface area contributed by atoms with E-state index < -0.39 is 5.95 Å². The third-order valence-corrected chi connectivity index (χ3v) is 6.81. The lowest BCUT2D eigenvalue weighted by molar-refractivity contribution is 0.00337. The van der Waals surface area contributed by atoms with Crippen LogP contribution in [0.3, 0.4) is 0 Å². The normalized spacial score (nSPS) is 22.1. The summed E-state index contributed by atoms with van der Waals surface area (Å²) < 4.78 is 19.5. The summed E-state index contributed by atoms with van der Waals surface area (Å²) in [5, 5.41) is 12.2. The number of aliphatic hydroxyl groups excluding tert-OH is 1. The minimum absolute atomic E-state index is 0.0507. The zero-order valence-electron chi connectivity index (χ0n) is 18.0. The molecular weight excluding hydrogens is 413 g/mol. The fourth-order valence-electron chi connectivity index (χ4n) is 4.60. The summed E-state index contributed by atoms with van der Waals surface area (Å²) in [6.07, 6.45) is 4.41. The Kier molecular flexibility index (Phi) is 5.69. The number of rotatable bonds is 5. The fraction of sp³-hybridized carbons (Fsp3) is 0.522. The number of nitrogens with one attached hydrogen (secondary N) is 1. The van der Waals surface area contributed by atoms with Gasteiger partial charge in [-0.2, -0.15) is 4.39 Å². The van der Waals surface area contributed by atoms with Crippen molar-refractivity contribution >= 4 is 23.4 Å². The molecule has 8 nitrogen and oxygen atoms in total. The van der Waals surface area contributed by atoms with E-state index in [4.69, 9.17) is 4.74 Å². The van der Waals surface area contributed by atoms with Gasteiger partial charge in [0.1, 0.15) is 17.5 Å². The van der Waals surface area contributed by atoms with Gasteiger partial charge in [0.15, 0.2) is 0 Å². The number of aliphatic hydroxyl groups is 1. The van der Waals surface area contributed by atoms with Crippen LogP contribution in [0.25, 0.3) is 0 Å². The number of morpholine rings is 1. The van der Waals surface area contributed by atoms with E-state index in [1.165, 1.54) is 25.0 Å². The smallest absolute Gasteiger partial charge is 0.260 e. The van der Waals surface area contributed by atoms with Gasteiger partial charge in [-0.25, -0.2) is 9.97 Å². The van der Waals surface area contributed by atoms with E-state index in [0.29, 0.717) is 48.1 Å². The Hall–Kier alpha value is -2.78. The van der Waals surface area contributed by atoms with Gasteiger partial charge < -0.3 is 25.0 Å². The van der Waals surface area contributed by atoms with Crippen molar-refractivity contribution in [2.24, 2.45) is 5.41 Å². The monoisotopic (exact) mass is 441 g/mol. The Morgan fingerprint density at radius 1 is 1.12 bits per heavy atom. The maximum atomic E-state index is 14.0. The van der Waals surface area contributed by atoms with Crippen molar-refractivity contribution in [3.05, 3.63) is 41.8 Å². The molecule has 5 rings (SSSR count). The van der Waals surface area contributed by atoms with Crippen LogP contribution in [0.5, 0.6) is 0 Å². The van der Waals surface area contributed by atoms with Crippen LogP contribution in [-0.4, -0.2) is 66.5 Å². The molecule has 3 aliphatic rings. The number of hydrogen-bond donors (Lipinski definition) is 2. The van der Waals surface area contributed by atoms with Crippen LogP contribution in [0.1, 0.15) is 36.0 Å². The van der Waals surface area contributed by atoms with Crippen molar-refractivity contribution in [2.75, 3.05) is 54.5 Å². The van der Waals surface area contributed by atoms with Gasteiger partial charge in [0.2, 0.25) is 5.95 Å². The van der Waals surface area contributed by atoms with Crippen LogP contribution < -0.4 is 15.1 Å². The summed E-state index contributed by atoms with van der Waals surface area (Å²) >= 11 is 0. The van der Waals surface area contributed by atoms with Crippen molar-refractivity contribution in [3.8, 4) is 0 Å². The lowest BCUT2D eigenvalue weighted by Crippen LogP contribution is -2.44. The first kappa shape index (κ1) is 21.1. The second-order valence-corrected chi connectivity index (χ2v) is 8.95. The van der Waals surface area contributed by atoms with Gasteiger partial charge in [-0.3, -0.25) is 4.79 Å². The molecule has 1 spiro atoms. The molecule has 170 valence electrons. The number of anilines is 3. The molecule has 1 amide bonds.